The average Bonchev–Trinajstić information content (AvgIpc) is 2.53. The van der Waals surface area contributed by atoms with Gasteiger partial charge in [0.05, 0.1) is 5.92 Å². The molecular formula is C10H17NO2. The van der Waals surface area contributed by atoms with Gasteiger partial charge in [-0.1, -0.05) is 6.92 Å². The first-order valence-electron chi connectivity index (χ1n) is 4.99. The molecule has 0 amide bonds. The van der Waals surface area contributed by atoms with E-state index in [1.54, 1.807) is 0 Å². The molecule has 3 nitrogen and oxygen atoms in total. The van der Waals surface area contributed by atoms with Crippen molar-refractivity contribution in [2.45, 2.75) is 32.2 Å². The molecule has 0 aromatic heterocycles. The zero-order valence-corrected chi connectivity index (χ0v) is 8.29. The Morgan fingerprint density at radius 1 is 1.62 bits per heavy atom. The molecule has 1 N–H and O–H groups in total. The normalized spacial score (nSPS) is 45.1. The van der Waals surface area contributed by atoms with E-state index in [0.29, 0.717) is 6.04 Å². The van der Waals surface area contributed by atoms with E-state index in [-0.39, 0.29) is 11.3 Å². The predicted octanol–water partition coefficient (Wildman–Crippen LogP) is 1.19. The number of carbonyl (C=O) groups is 1. The van der Waals surface area contributed by atoms with Crippen LogP contribution >= 0.6 is 0 Å². The van der Waals surface area contributed by atoms with E-state index in [4.69, 9.17) is 5.11 Å². The van der Waals surface area contributed by atoms with Gasteiger partial charge in [0.15, 0.2) is 0 Å². The molecule has 3 heteroatoms. The van der Waals surface area contributed by atoms with Gasteiger partial charge in [0.2, 0.25) is 0 Å². The van der Waals surface area contributed by atoms with Crippen LogP contribution in [0, 0.1) is 11.3 Å². The fourth-order valence-electron chi connectivity index (χ4n) is 2.86. The number of hydrogen-bond donors (Lipinski definition) is 1. The van der Waals surface area contributed by atoms with Gasteiger partial charge in [-0.3, -0.25) is 4.79 Å². The van der Waals surface area contributed by atoms with Crippen LogP contribution in [-0.4, -0.2) is 35.6 Å². The summed E-state index contributed by atoms with van der Waals surface area (Å²) in [6.45, 7) is 3.25. The zero-order chi connectivity index (χ0) is 9.64. The Kier molecular flexibility index (Phi) is 1.88. The standard InChI is InChI=1S/C10H17NO2/c1-10(6-7(10)9(12)13)8-4-3-5-11(8)2/h7-8H,3-6H2,1-2H3,(H,12,13)/t7-,8?,10+/m1/s1. The summed E-state index contributed by atoms with van der Waals surface area (Å²) in [5.41, 5.74) is 0.0666. The molecule has 74 valence electrons. The highest BCUT2D eigenvalue weighted by Gasteiger charge is 2.60. The van der Waals surface area contributed by atoms with Gasteiger partial charge in [-0.25, -0.2) is 0 Å². The van der Waals surface area contributed by atoms with Gasteiger partial charge >= 0.3 is 5.97 Å². The van der Waals surface area contributed by atoms with E-state index >= 15 is 0 Å². The molecule has 0 bridgehead atoms. The highest BCUT2D eigenvalue weighted by atomic mass is 16.4. The van der Waals surface area contributed by atoms with E-state index in [2.05, 4.69) is 18.9 Å². The van der Waals surface area contributed by atoms with Gasteiger partial charge in [0, 0.05) is 6.04 Å². The number of rotatable bonds is 2. The minimum absolute atomic E-state index is 0.0666. The molecule has 13 heavy (non-hydrogen) atoms. The fourth-order valence-corrected chi connectivity index (χ4v) is 2.86. The van der Waals surface area contributed by atoms with Gasteiger partial charge < -0.3 is 10.0 Å². The average molecular weight is 183 g/mol. The topological polar surface area (TPSA) is 40.5 Å². The number of hydrogen-bond acceptors (Lipinski definition) is 2. The quantitative estimate of drug-likeness (QED) is 0.699. The van der Waals surface area contributed by atoms with Crippen molar-refractivity contribution >= 4 is 5.97 Å². The number of aliphatic carboxylic acids is 1. The molecule has 1 unspecified atom stereocenters. The van der Waals surface area contributed by atoms with Crippen LogP contribution in [-0.2, 0) is 4.79 Å². The Balaban J connectivity index is 2.06. The van der Waals surface area contributed by atoms with Crippen LogP contribution in [0.1, 0.15) is 26.2 Å². The predicted molar refractivity (Wildman–Crippen MR) is 49.5 cm³/mol. The Morgan fingerprint density at radius 2 is 2.31 bits per heavy atom. The summed E-state index contributed by atoms with van der Waals surface area (Å²) in [6.07, 6.45) is 3.28. The Hall–Kier alpha value is -0.570. The molecule has 1 aliphatic carbocycles. The molecule has 1 saturated heterocycles. The molecule has 2 rings (SSSR count). The first-order valence-corrected chi connectivity index (χ1v) is 4.99. The molecular weight excluding hydrogens is 166 g/mol. The van der Waals surface area contributed by atoms with Crippen molar-refractivity contribution < 1.29 is 9.90 Å². The lowest BCUT2D eigenvalue weighted by atomic mass is 9.94. The monoisotopic (exact) mass is 183 g/mol. The maximum Gasteiger partial charge on any atom is 0.307 e. The molecule has 0 spiro atoms. The lowest BCUT2D eigenvalue weighted by Gasteiger charge is -2.26. The smallest absolute Gasteiger partial charge is 0.307 e. The van der Waals surface area contributed by atoms with E-state index in [9.17, 15) is 4.79 Å². The molecule has 0 aromatic carbocycles. The fraction of sp³-hybridized carbons (Fsp3) is 0.900. The van der Waals surface area contributed by atoms with Gasteiger partial charge in [-0.2, -0.15) is 0 Å². The lowest BCUT2D eigenvalue weighted by Crippen LogP contribution is -2.34. The lowest BCUT2D eigenvalue weighted by molar-refractivity contribution is -0.139. The first kappa shape index (κ1) is 9.00. The van der Waals surface area contributed by atoms with E-state index in [1.165, 1.54) is 12.8 Å². The van der Waals surface area contributed by atoms with Crippen molar-refractivity contribution in [2.24, 2.45) is 11.3 Å². The summed E-state index contributed by atoms with van der Waals surface area (Å²) >= 11 is 0. The van der Waals surface area contributed by atoms with Gasteiger partial charge in [0.1, 0.15) is 0 Å². The molecule has 2 fully saturated rings. The van der Waals surface area contributed by atoms with Crippen molar-refractivity contribution in [3.05, 3.63) is 0 Å². The summed E-state index contributed by atoms with van der Waals surface area (Å²) in [7, 11) is 2.11. The maximum atomic E-state index is 10.8. The highest BCUT2D eigenvalue weighted by molar-refractivity contribution is 5.75. The van der Waals surface area contributed by atoms with Gasteiger partial charge in [0.25, 0.3) is 0 Å². The summed E-state index contributed by atoms with van der Waals surface area (Å²) in [5.74, 6) is -0.694. The summed E-state index contributed by atoms with van der Waals surface area (Å²) in [4.78, 5) is 13.1. The summed E-state index contributed by atoms with van der Waals surface area (Å²) in [5, 5.41) is 8.92. The summed E-state index contributed by atoms with van der Waals surface area (Å²) in [6, 6.07) is 0.508. The minimum atomic E-state index is -0.609. The number of likely N-dealkylation sites (tertiary alicyclic amines) is 1. The van der Waals surface area contributed by atoms with Gasteiger partial charge in [-0.05, 0) is 38.3 Å². The third kappa shape index (κ3) is 1.26. The Bertz CT molecular complexity index is 241. The Morgan fingerprint density at radius 3 is 2.69 bits per heavy atom. The van der Waals surface area contributed by atoms with Crippen LogP contribution in [0.5, 0.6) is 0 Å². The third-order valence-electron chi connectivity index (χ3n) is 3.86. The summed E-state index contributed by atoms with van der Waals surface area (Å²) < 4.78 is 0. The number of carboxylic acids is 1. The zero-order valence-electron chi connectivity index (χ0n) is 8.29. The molecule has 1 heterocycles. The highest BCUT2D eigenvalue weighted by Crippen LogP contribution is 2.58. The SMILES string of the molecule is CN1CCCC1[C@@]1(C)C[C@@H]1C(=O)O. The Labute approximate surface area is 78.7 Å². The third-order valence-corrected chi connectivity index (χ3v) is 3.86. The molecule has 1 aliphatic heterocycles. The van der Waals surface area contributed by atoms with Crippen LogP contribution in [0.15, 0.2) is 0 Å². The second-order valence-corrected chi connectivity index (χ2v) is 4.74. The number of carboxylic acid groups (broad SMARTS) is 1. The van der Waals surface area contributed by atoms with Crippen LogP contribution in [0.2, 0.25) is 0 Å². The van der Waals surface area contributed by atoms with Crippen molar-refractivity contribution in [1.82, 2.24) is 4.90 Å². The molecule has 2 aliphatic rings. The van der Waals surface area contributed by atoms with Crippen molar-refractivity contribution in [2.75, 3.05) is 13.6 Å². The first-order chi connectivity index (χ1) is 6.05. The number of nitrogens with zero attached hydrogens (tertiary/aromatic N) is 1. The molecule has 3 atom stereocenters. The van der Waals surface area contributed by atoms with Crippen molar-refractivity contribution in [1.29, 1.82) is 0 Å². The van der Waals surface area contributed by atoms with Crippen LogP contribution in [0.25, 0.3) is 0 Å². The molecule has 0 radical (unpaired) electrons. The van der Waals surface area contributed by atoms with Crippen LogP contribution in [0.4, 0.5) is 0 Å². The van der Waals surface area contributed by atoms with Gasteiger partial charge in [-0.15, -0.1) is 0 Å². The van der Waals surface area contributed by atoms with Crippen molar-refractivity contribution in [3.8, 4) is 0 Å². The maximum absolute atomic E-state index is 10.8. The molecule has 0 aromatic rings. The van der Waals surface area contributed by atoms with E-state index < -0.39 is 5.97 Å². The van der Waals surface area contributed by atoms with Crippen molar-refractivity contribution in [3.63, 3.8) is 0 Å². The second kappa shape index (κ2) is 2.71. The minimum Gasteiger partial charge on any atom is -0.481 e. The van der Waals surface area contributed by atoms with Crippen LogP contribution < -0.4 is 0 Å². The van der Waals surface area contributed by atoms with Crippen LogP contribution in [0.3, 0.4) is 0 Å². The van der Waals surface area contributed by atoms with E-state index in [1.807, 2.05) is 0 Å². The largest absolute Gasteiger partial charge is 0.481 e. The second-order valence-electron chi connectivity index (χ2n) is 4.74. The molecule has 1 saturated carbocycles. The van der Waals surface area contributed by atoms with E-state index in [0.717, 1.165) is 13.0 Å².